The van der Waals surface area contributed by atoms with E-state index in [1.54, 1.807) is 14.2 Å². The van der Waals surface area contributed by atoms with Crippen LogP contribution in [-0.2, 0) is 11.3 Å². The molecular weight excluding hydrogens is 412 g/mol. The maximum atomic E-state index is 5.37. The molecule has 1 saturated heterocycles. The maximum absolute atomic E-state index is 5.37. The molecule has 0 amide bonds. The standard InChI is InChI=1S/C27H30N4O2/c1-32-18-20-4-3-11-31(17-20)16-19-5-7-21(8-6-19)23-12-24-25(15-30-27(24)29-14-23)22-9-10-26(33-2)28-13-22/h5-10,12-15,20H,3-4,11,16-18H2,1-2H3,(H,29,30). The SMILES string of the molecule is COCC1CCCN(Cc2ccc(-c3cnc4[nH]cc(-c5ccc(OC)nc5)c4c3)cc2)C1. The minimum absolute atomic E-state index is 0.608. The molecule has 0 radical (unpaired) electrons. The van der Waals surface area contributed by atoms with Gasteiger partial charge in [-0.3, -0.25) is 4.90 Å². The Kier molecular flexibility index (Phi) is 6.37. The van der Waals surface area contributed by atoms with Gasteiger partial charge >= 0.3 is 0 Å². The van der Waals surface area contributed by atoms with Crippen molar-refractivity contribution in [2.45, 2.75) is 19.4 Å². The lowest BCUT2D eigenvalue weighted by atomic mass is 9.98. The number of fused-ring (bicyclic) bond motifs is 1. The number of benzene rings is 1. The first-order chi connectivity index (χ1) is 16.2. The summed E-state index contributed by atoms with van der Waals surface area (Å²) in [6, 6.07) is 15.0. The lowest BCUT2D eigenvalue weighted by Gasteiger charge is -2.32. The number of aromatic amines is 1. The van der Waals surface area contributed by atoms with Gasteiger partial charge in [-0.2, -0.15) is 0 Å². The van der Waals surface area contributed by atoms with Crippen LogP contribution in [0.4, 0.5) is 0 Å². The van der Waals surface area contributed by atoms with E-state index in [0.717, 1.165) is 47.4 Å². The third-order valence-electron chi connectivity index (χ3n) is 6.49. The van der Waals surface area contributed by atoms with Gasteiger partial charge in [0, 0.05) is 66.9 Å². The molecule has 0 aliphatic carbocycles. The number of H-pyrrole nitrogens is 1. The van der Waals surface area contributed by atoms with Gasteiger partial charge in [0.1, 0.15) is 5.65 Å². The van der Waals surface area contributed by atoms with Gasteiger partial charge in [-0.25, -0.2) is 9.97 Å². The topological polar surface area (TPSA) is 63.3 Å². The van der Waals surface area contributed by atoms with E-state index in [0.29, 0.717) is 11.8 Å². The number of nitrogens with one attached hydrogen (secondary N) is 1. The summed E-state index contributed by atoms with van der Waals surface area (Å²) in [6.45, 7) is 4.13. The molecule has 1 aromatic carbocycles. The Bertz CT molecular complexity index is 1200. The smallest absolute Gasteiger partial charge is 0.212 e. The number of pyridine rings is 2. The Balaban J connectivity index is 1.34. The molecule has 6 nitrogen and oxygen atoms in total. The Morgan fingerprint density at radius 3 is 2.58 bits per heavy atom. The minimum atomic E-state index is 0.608. The molecule has 3 aromatic heterocycles. The molecule has 170 valence electrons. The molecule has 33 heavy (non-hydrogen) atoms. The van der Waals surface area contributed by atoms with Crippen molar-refractivity contribution < 1.29 is 9.47 Å². The van der Waals surface area contributed by atoms with Crippen LogP contribution in [0.15, 0.2) is 61.1 Å². The van der Waals surface area contributed by atoms with Crippen molar-refractivity contribution in [1.82, 2.24) is 19.9 Å². The molecule has 1 atom stereocenters. The Labute approximate surface area is 194 Å². The summed E-state index contributed by atoms with van der Waals surface area (Å²) in [7, 11) is 3.42. The van der Waals surface area contributed by atoms with Crippen molar-refractivity contribution >= 4 is 11.0 Å². The van der Waals surface area contributed by atoms with Crippen molar-refractivity contribution in [2.75, 3.05) is 33.9 Å². The van der Waals surface area contributed by atoms with E-state index in [1.807, 2.05) is 30.7 Å². The number of piperidine rings is 1. The molecule has 4 aromatic rings. The number of nitrogens with zero attached hydrogens (tertiary/aromatic N) is 3. The van der Waals surface area contributed by atoms with Crippen LogP contribution in [0, 0.1) is 5.92 Å². The number of hydrogen-bond acceptors (Lipinski definition) is 5. The maximum Gasteiger partial charge on any atom is 0.212 e. The average molecular weight is 443 g/mol. The van der Waals surface area contributed by atoms with Gasteiger partial charge in [0.15, 0.2) is 0 Å². The summed E-state index contributed by atoms with van der Waals surface area (Å²) < 4.78 is 10.6. The van der Waals surface area contributed by atoms with Gasteiger partial charge in [-0.15, -0.1) is 0 Å². The van der Waals surface area contributed by atoms with Crippen LogP contribution in [0.5, 0.6) is 5.88 Å². The fourth-order valence-electron chi connectivity index (χ4n) is 4.79. The van der Waals surface area contributed by atoms with E-state index in [9.17, 15) is 0 Å². The zero-order chi connectivity index (χ0) is 22.6. The van der Waals surface area contributed by atoms with Gasteiger partial charge in [-0.1, -0.05) is 24.3 Å². The molecule has 0 saturated carbocycles. The highest BCUT2D eigenvalue weighted by molar-refractivity contribution is 5.95. The van der Waals surface area contributed by atoms with Crippen LogP contribution in [0.25, 0.3) is 33.3 Å². The summed E-state index contributed by atoms with van der Waals surface area (Å²) in [5.41, 5.74) is 6.61. The van der Waals surface area contributed by atoms with Crippen molar-refractivity contribution in [3.63, 3.8) is 0 Å². The number of likely N-dealkylation sites (tertiary alicyclic amines) is 1. The monoisotopic (exact) mass is 442 g/mol. The molecule has 6 heteroatoms. The summed E-state index contributed by atoms with van der Waals surface area (Å²) in [5, 5.41) is 1.08. The summed E-state index contributed by atoms with van der Waals surface area (Å²) in [6.07, 6.45) is 8.28. The molecule has 4 heterocycles. The van der Waals surface area contributed by atoms with Crippen LogP contribution in [0.3, 0.4) is 0 Å². The van der Waals surface area contributed by atoms with E-state index in [2.05, 4.69) is 50.2 Å². The lowest BCUT2D eigenvalue weighted by Crippen LogP contribution is -2.36. The molecule has 1 N–H and O–H groups in total. The van der Waals surface area contributed by atoms with E-state index >= 15 is 0 Å². The third kappa shape index (κ3) is 4.77. The predicted molar refractivity (Wildman–Crippen MR) is 131 cm³/mol. The van der Waals surface area contributed by atoms with E-state index in [1.165, 1.54) is 30.5 Å². The van der Waals surface area contributed by atoms with Gasteiger partial charge < -0.3 is 14.5 Å². The molecule has 0 spiro atoms. The Hall–Kier alpha value is -3.22. The number of hydrogen-bond donors (Lipinski definition) is 1. The van der Waals surface area contributed by atoms with Crippen LogP contribution in [0.1, 0.15) is 18.4 Å². The molecule has 5 rings (SSSR count). The summed E-state index contributed by atoms with van der Waals surface area (Å²) in [5.74, 6) is 1.26. The van der Waals surface area contributed by atoms with Gasteiger partial charge in [0.05, 0.1) is 13.7 Å². The molecule has 1 aliphatic rings. The van der Waals surface area contributed by atoms with Crippen molar-refractivity contribution in [3.05, 3.63) is 66.6 Å². The van der Waals surface area contributed by atoms with Gasteiger partial charge in [-0.05, 0) is 48.6 Å². The fraction of sp³-hybridized carbons (Fsp3) is 0.333. The lowest BCUT2D eigenvalue weighted by molar-refractivity contribution is 0.0874. The first-order valence-corrected chi connectivity index (χ1v) is 11.5. The zero-order valence-electron chi connectivity index (χ0n) is 19.3. The van der Waals surface area contributed by atoms with E-state index < -0.39 is 0 Å². The minimum Gasteiger partial charge on any atom is -0.481 e. The van der Waals surface area contributed by atoms with Gasteiger partial charge in [0.25, 0.3) is 0 Å². The number of aromatic nitrogens is 3. The predicted octanol–water partition coefficient (Wildman–Crippen LogP) is 5.16. The zero-order valence-corrected chi connectivity index (χ0v) is 19.3. The second-order valence-corrected chi connectivity index (χ2v) is 8.81. The van der Waals surface area contributed by atoms with Crippen molar-refractivity contribution in [3.8, 4) is 28.1 Å². The molecule has 0 bridgehead atoms. The van der Waals surface area contributed by atoms with E-state index in [4.69, 9.17) is 9.47 Å². The number of methoxy groups -OCH3 is 2. The average Bonchev–Trinajstić information content (AvgIpc) is 3.28. The summed E-state index contributed by atoms with van der Waals surface area (Å²) in [4.78, 5) is 14.8. The highest BCUT2D eigenvalue weighted by Crippen LogP contribution is 2.31. The number of ether oxygens (including phenoxy) is 2. The first-order valence-electron chi connectivity index (χ1n) is 11.5. The Morgan fingerprint density at radius 1 is 1.00 bits per heavy atom. The second kappa shape index (κ2) is 9.73. The summed E-state index contributed by atoms with van der Waals surface area (Å²) >= 11 is 0. The van der Waals surface area contributed by atoms with E-state index in [-0.39, 0.29) is 0 Å². The van der Waals surface area contributed by atoms with Crippen molar-refractivity contribution in [1.29, 1.82) is 0 Å². The van der Waals surface area contributed by atoms with Crippen LogP contribution in [-0.4, -0.2) is 53.8 Å². The highest BCUT2D eigenvalue weighted by Gasteiger charge is 2.19. The molecular formula is C27H30N4O2. The van der Waals surface area contributed by atoms with Crippen molar-refractivity contribution in [2.24, 2.45) is 5.92 Å². The molecule has 1 fully saturated rings. The quantitative estimate of drug-likeness (QED) is 0.428. The fourth-order valence-corrected chi connectivity index (χ4v) is 4.79. The van der Waals surface area contributed by atoms with Crippen LogP contribution >= 0.6 is 0 Å². The van der Waals surface area contributed by atoms with Gasteiger partial charge in [0.2, 0.25) is 5.88 Å². The molecule has 1 unspecified atom stereocenters. The van der Waals surface area contributed by atoms with Crippen LogP contribution < -0.4 is 4.74 Å². The first kappa shape index (κ1) is 21.6. The highest BCUT2D eigenvalue weighted by atomic mass is 16.5. The third-order valence-corrected chi connectivity index (χ3v) is 6.49. The number of rotatable bonds is 7. The van der Waals surface area contributed by atoms with Crippen LogP contribution in [0.2, 0.25) is 0 Å². The second-order valence-electron chi connectivity index (χ2n) is 8.81. The molecule has 1 aliphatic heterocycles. The Morgan fingerprint density at radius 2 is 1.82 bits per heavy atom. The normalized spacial score (nSPS) is 16.8. The largest absolute Gasteiger partial charge is 0.481 e.